The number of aromatic nitrogens is 1. The molecule has 0 fully saturated rings. The summed E-state index contributed by atoms with van der Waals surface area (Å²) in [5.74, 6) is 0.0779. The summed E-state index contributed by atoms with van der Waals surface area (Å²) >= 11 is 0. The number of nitrogens with one attached hydrogen (secondary N) is 1. The van der Waals surface area contributed by atoms with E-state index >= 15 is 0 Å². The smallest absolute Gasteiger partial charge is 0.416 e. The quantitative estimate of drug-likeness (QED) is 0.600. The number of pyridine rings is 1. The van der Waals surface area contributed by atoms with Gasteiger partial charge in [0.1, 0.15) is 5.75 Å². The van der Waals surface area contributed by atoms with Crippen LogP contribution in [0.1, 0.15) is 45.2 Å². The third kappa shape index (κ3) is 4.75. The van der Waals surface area contributed by atoms with E-state index in [-0.39, 0.29) is 18.2 Å². The Morgan fingerprint density at radius 2 is 1.84 bits per heavy atom. The summed E-state index contributed by atoms with van der Waals surface area (Å²) in [7, 11) is 0. The van der Waals surface area contributed by atoms with Gasteiger partial charge in [-0.3, -0.25) is 9.78 Å². The number of fused-ring (bicyclic) bond motifs is 1. The maximum absolute atomic E-state index is 12.9. The van der Waals surface area contributed by atoms with E-state index in [4.69, 9.17) is 4.74 Å². The van der Waals surface area contributed by atoms with Crippen LogP contribution in [0, 0.1) is 0 Å². The summed E-state index contributed by atoms with van der Waals surface area (Å²) < 4.78 is 44.2. The molecule has 0 saturated heterocycles. The molecule has 2 aromatic carbocycles. The molecule has 2 N–H and O–H groups in total. The molecule has 1 atom stereocenters. The third-order valence-electron chi connectivity index (χ3n) is 5.40. The van der Waals surface area contributed by atoms with Gasteiger partial charge >= 0.3 is 6.18 Å². The summed E-state index contributed by atoms with van der Waals surface area (Å²) in [4.78, 5) is 17.4. The first kappa shape index (κ1) is 21.8. The number of halogens is 3. The number of para-hydroxylation sites is 1. The molecule has 5 nitrogen and oxygen atoms in total. The number of amides is 1. The van der Waals surface area contributed by atoms with Gasteiger partial charge in [0.15, 0.2) is 0 Å². The molecule has 1 amide bonds. The minimum atomic E-state index is -4.44. The third-order valence-corrected chi connectivity index (χ3v) is 5.40. The minimum absolute atomic E-state index is 0.0657. The Hall–Kier alpha value is -3.39. The molecule has 32 heavy (non-hydrogen) atoms. The first-order valence-electron chi connectivity index (χ1n) is 10.1. The van der Waals surface area contributed by atoms with Gasteiger partial charge in [0.05, 0.1) is 30.0 Å². The summed E-state index contributed by atoms with van der Waals surface area (Å²) in [5, 5.41) is 12.0. The molecule has 4 rings (SSSR count). The summed E-state index contributed by atoms with van der Waals surface area (Å²) in [6, 6.07) is 15.1. The lowest BCUT2D eigenvalue weighted by atomic mass is 9.92. The van der Waals surface area contributed by atoms with Crippen molar-refractivity contribution in [3.63, 3.8) is 0 Å². The van der Waals surface area contributed by atoms with Gasteiger partial charge in [-0.05, 0) is 60.9 Å². The number of nitrogens with zero attached hydrogens (tertiary/aromatic N) is 1. The molecule has 1 aliphatic heterocycles. The fraction of sp³-hybridized carbons (Fsp3) is 0.250. The highest BCUT2D eigenvalue weighted by atomic mass is 19.4. The Labute approximate surface area is 182 Å². The SMILES string of the molecule is O=C(Nc1ccc(C(F)(F)F)cc1)c1cccc2c1OCCC(c1cccc(CO)n1)C2. The van der Waals surface area contributed by atoms with Gasteiger partial charge in [-0.1, -0.05) is 18.2 Å². The van der Waals surface area contributed by atoms with Crippen LogP contribution in [-0.4, -0.2) is 22.6 Å². The van der Waals surface area contributed by atoms with Gasteiger partial charge in [0.2, 0.25) is 0 Å². The van der Waals surface area contributed by atoms with Crippen molar-refractivity contribution in [3.05, 3.63) is 88.7 Å². The molecule has 1 aromatic heterocycles. The highest BCUT2D eigenvalue weighted by molar-refractivity contribution is 6.06. The monoisotopic (exact) mass is 442 g/mol. The van der Waals surface area contributed by atoms with Crippen molar-refractivity contribution >= 4 is 11.6 Å². The largest absolute Gasteiger partial charge is 0.492 e. The zero-order chi connectivity index (χ0) is 22.7. The van der Waals surface area contributed by atoms with E-state index in [0.717, 1.165) is 23.4 Å². The Bertz CT molecular complexity index is 1110. The summed E-state index contributed by atoms with van der Waals surface area (Å²) in [6.45, 7) is 0.245. The van der Waals surface area contributed by atoms with Crippen molar-refractivity contribution in [1.29, 1.82) is 0 Å². The molecular weight excluding hydrogens is 421 g/mol. The van der Waals surface area contributed by atoms with Gasteiger partial charge in [0.25, 0.3) is 5.91 Å². The fourth-order valence-corrected chi connectivity index (χ4v) is 3.77. The van der Waals surface area contributed by atoms with Gasteiger partial charge in [0, 0.05) is 17.3 Å². The van der Waals surface area contributed by atoms with Gasteiger partial charge in [-0.2, -0.15) is 13.2 Å². The maximum Gasteiger partial charge on any atom is 0.416 e. The Kier molecular flexibility index (Phi) is 6.14. The number of aliphatic hydroxyl groups excluding tert-OH is 1. The van der Waals surface area contributed by atoms with E-state index in [9.17, 15) is 23.1 Å². The molecule has 166 valence electrons. The first-order chi connectivity index (χ1) is 15.3. The van der Waals surface area contributed by atoms with Gasteiger partial charge in [-0.25, -0.2) is 0 Å². The molecular formula is C24H21F3N2O3. The average molecular weight is 442 g/mol. The number of ether oxygens (including phenoxy) is 1. The topological polar surface area (TPSA) is 71.5 Å². The van der Waals surface area contributed by atoms with Crippen LogP contribution < -0.4 is 10.1 Å². The second-order valence-electron chi connectivity index (χ2n) is 7.57. The second kappa shape index (κ2) is 9.00. The van der Waals surface area contributed by atoms with E-state index < -0.39 is 17.6 Å². The van der Waals surface area contributed by atoms with E-state index in [1.807, 2.05) is 18.2 Å². The van der Waals surface area contributed by atoms with Crippen LogP contribution in [-0.2, 0) is 19.2 Å². The van der Waals surface area contributed by atoms with Crippen molar-refractivity contribution in [2.24, 2.45) is 0 Å². The standard InChI is InChI=1S/C24H21F3N2O3/c25-24(26,27)17-7-9-18(10-8-17)29-23(31)20-5-1-3-16-13-15(11-12-32-22(16)20)21-6-2-4-19(14-30)28-21/h1-10,15,30H,11-14H2,(H,29,31). The highest BCUT2D eigenvalue weighted by Crippen LogP contribution is 2.35. The highest BCUT2D eigenvalue weighted by Gasteiger charge is 2.30. The van der Waals surface area contributed by atoms with Gasteiger partial charge in [-0.15, -0.1) is 0 Å². The number of hydrogen-bond donors (Lipinski definition) is 2. The lowest BCUT2D eigenvalue weighted by Gasteiger charge is -2.15. The second-order valence-corrected chi connectivity index (χ2v) is 7.57. The predicted octanol–water partition coefficient (Wildman–Crippen LogP) is 4.95. The Balaban J connectivity index is 1.55. The maximum atomic E-state index is 12.9. The molecule has 0 bridgehead atoms. The number of hydrogen-bond acceptors (Lipinski definition) is 4. The number of carbonyl (C=O) groups excluding carboxylic acids is 1. The van der Waals surface area contributed by atoms with Crippen LogP contribution in [0.15, 0.2) is 60.7 Å². The minimum Gasteiger partial charge on any atom is -0.492 e. The zero-order valence-corrected chi connectivity index (χ0v) is 17.0. The molecule has 0 aliphatic carbocycles. The Morgan fingerprint density at radius 3 is 2.56 bits per heavy atom. The zero-order valence-electron chi connectivity index (χ0n) is 17.0. The van der Waals surface area contributed by atoms with Crippen molar-refractivity contribution in [1.82, 2.24) is 4.98 Å². The molecule has 2 heterocycles. The predicted molar refractivity (Wildman–Crippen MR) is 113 cm³/mol. The van der Waals surface area contributed by atoms with Crippen molar-refractivity contribution < 1.29 is 27.8 Å². The van der Waals surface area contributed by atoms with E-state index in [2.05, 4.69) is 10.3 Å². The van der Waals surface area contributed by atoms with Crippen LogP contribution in [0.25, 0.3) is 0 Å². The van der Waals surface area contributed by atoms with E-state index in [1.165, 1.54) is 12.1 Å². The first-order valence-corrected chi connectivity index (χ1v) is 10.1. The van der Waals surface area contributed by atoms with Gasteiger partial charge < -0.3 is 15.2 Å². The molecule has 1 unspecified atom stereocenters. The van der Waals surface area contributed by atoms with Crippen LogP contribution in [0.3, 0.4) is 0 Å². The lowest BCUT2D eigenvalue weighted by Crippen LogP contribution is -2.14. The Morgan fingerprint density at radius 1 is 1.09 bits per heavy atom. The number of alkyl halides is 3. The molecule has 1 aliphatic rings. The summed E-state index contributed by atoms with van der Waals surface area (Å²) in [5.41, 5.74) is 2.10. The normalized spacial score (nSPS) is 15.9. The van der Waals surface area contributed by atoms with Crippen molar-refractivity contribution in [2.45, 2.75) is 31.5 Å². The van der Waals surface area contributed by atoms with E-state index in [1.54, 1.807) is 18.2 Å². The van der Waals surface area contributed by atoms with Crippen molar-refractivity contribution in [3.8, 4) is 5.75 Å². The van der Waals surface area contributed by atoms with Crippen LogP contribution in [0.2, 0.25) is 0 Å². The van der Waals surface area contributed by atoms with Crippen LogP contribution >= 0.6 is 0 Å². The average Bonchev–Trinajstić information content (AvgIpc) is 3.01. The number of carbonyl (C=O) groups is 1. The molecule has 3 aromatic rings. The van der Waals surface area contributed by atoms with Crippen LogP contribution in [0.5, 0.6) is 5.75 Å². The number of benzene rings is 2. The number of aliphatic hydroxyl groups is 1. The molecule has 0 saturated carbocycles. The molecule has 8 heteroatoms. The summed E-state index contributed by atoms with van der Waals surface area (Å²) in [6.07, 6.45) is -3.13. The number of anilines is 1. The number of rotatable bonds is 4. The van der Waals surface area contributed by atoms with Crippen molar-refractivity contribution in [2.75, 3.05) is 11.9 Å². The van der Waals surface area contributed by atoms with E-state index in [0.29, 0.717) is 36.5 Å². The molecule has 0 radical (unpaired) electrons. The fourth-order valence-electron chi connectivity index (χ4n) is 3.77. The van der Waals surface area contributed by atoms with Crippen LogP contribution in [0.4, 0.5) is 18.9 Å². The molecule has 0 spiro atoms. The lowest BCUT2D eigenvalue weighted by molar-refractivity contribution is -0.137.